The van der Waals surface area contributed by atoms with Gasteiger partial charge in [-0.1, -0.05) is 29.5 Å². The van der Waals surface area contributed by atoms with E-state index in [-0.39, 0.29) is 5.91 Å². The first-order valence-corrected chi connectivity index (χ1v) is 8.45. The van der Waals surface area contributed by atoms with Gasteiger partial charge in [0.15, 0.2) is 5.16 Å². The highest BCUT2D eigenvalue weighted by Crippen LogP contribution is 2.22. The average molecular weight is 318 g/mol. The van der Waals surface area contributed by atoms with E-state index in [1.807, 2.05) is 42.4 Å². The lowest BCUT2D eigenvalue weighted by molar-refractivity contribution is -0.127. The number of aryl methyl sites for hydroxylation is 2. The normalized spacial score (nSPS) is 10.7. The zero-order valence-corrected chi connectivity index (χ0v) is 14.4. The number of hydrogen-bond acceptors (Lipinski definition) is 4. The summed E-state index contributed by atoms with van der Waals surface area (Å²) in [6, 6.07) is 8.21. The molecule has 6 heteroatoms. The van der Waals surface area contributed by atoms with Crippen molar-refractivity contribution in [2.75, 3.05) is 18.8 Å². The third kappa shape index (κ3) is 3.68. The van der Waals surface area contributed by atoms with Crippen molar-refractivity contribution >= 4 is 17.7 Å². The molecule has 1 heterocycles. The summed E-state index contributed by atoms with van der Waals surface area (Å²) in [5, 5.41) is 9.10. The molecule has 1 amide bonds. The summed E-state index contributed by atoms with van der Waals surface area (Å²) in [6.07, 6.45) is 0. The van der Waals surface area contributed by atoms with Gasteiger partial charge in [0.05, 0.1) is 5.75 Å². The van der Waals surface area contributed by atoms with Crippen LogP contribution in [0.2, 0.25) is 0 Å². The van der Waals surface area contributed by atoms with Crippen molar-refractivity contribution in [3.05, 3.63) is 35.7 Å². The predicted octanol–water partition coefficient (Wildman–Crippen LogP) is 2.84. The molecule has 2 aromatic rings. The van der Waals surface area contributed by atoms with E-state index in [0.717, 1.165) is 29.8 Å². The molecule has 0 radical (unpaired) electrons. The molecule has 0 spiro atoms. The lowest BCUT2D eigenvalue weighted by atomic mass is 10.2. The minimum atomic E-state index is 0.131. The molecule has 0 saturated heterocycles. The van der Waals surface area contributed by atoms with Crippen LogP contribution in [0.15, 0.2) is 29.4 Å². The van der Waals surface area contributed by atoms with Crippen molar-refractivity contribution in [2.45, 2.75) is 32.9 Å². The van der Waals surface area contributed by atoms with E-state index in [4.69, 9.17) is 0 Å². The average Bonchev–Trinajstić information content (AvgIpc) is 2.88. The van der Waals surface area contributed by atoms with E-state index >= 15 is 0 Å². The Kier molecular flexibility index (Phi) is 5.60. The van der Waals surface area contributed by atoms with Gasteiger partial charge in [0.1, 0.15) is 5.82 Å². The molecule has 5 nitrogen and oxygen atoms in total. The molecular weight excluding hydrogens is 296 g/mol. The molecule has 0 aliphatic heterocycles. The Labute approximate surface area is 135 Å². The Balaban J connectivity index is 2.16. The summed E-state index contributed by atoms with van der Waals surface area (Å²) >= 11 is 1.43. The van der Waals surface area contributed by atoms with Crippen LogP contribution < -0.4 is 0 Å². The van der Waals surface area contributed by atoms with E-state index < -0.39 is 0 Å². The monoisotopic (exact) mass is 318 g/mol. The maximum absolute atomic E-state index is 12.1. The van der Waals surface area contributed by atoms with Crippen molar-refractivity contribution < 1.29 is 4.79 Å². The van der Waals surface area contributed by atoms with Gasteiger partial charge in [0.25, 0.3) is 0 Å². The number of carbonyl (C=O) groups is 1. The molecule has 22 heavy (non-hydrogen) atoms. The molecule has 0 aliphatic carbocycles. The van der Waals surface area contributed by atoms with Gasteiger partial charge in [-0.05, 0) is 39.8 Å². The number of amides is 1. The standard InChI is InChI=1S/C16H22N4OS/c1-5-19(6-2)15(21)11-22-16-18-17-13(4)20(16)14-9-7-12(3)8-10-14/h7-10H,5-6,11H2,1-4H3. The molecule has 118 valence electrons. The fourth-order valence-electron chi connectivity index (χ4n) is 2.22. The van der Waals surface area contributed by atoms with Crippen LogP contribution in [0.4, 0.5) is 0 Å². The summed E-state index contributed by atoms with van der Waals surface area (Å²) in [4.78, 5) is 14.0. The van der Waals surface area contributed by atoms with Crippen LogP contribution in [0.5, 0.6) is 0 Å². The first kappa shape index (κ1) is 16.5. The molecule has 0 fully saturated rings. The van der Waals surface area contributed by atoms with E-state index in [9.17, 15) is 4.79 Å². The second-order valence-corrected chi connectivity index (χ2v) is 6.00. The second kappa shape index (κ2) is 7.45. The summed E-state index contributed by atoms with van der Waals surface area (Å²) in [5.41, 5.74) is 2.23. The minimum absolute atomic E-state index is 0.131. The van der Waals surface area contributed by atoms with Crippen LogP contribution in [0.1, 0.15) is 25.2 Å². The van der Waals surface area contributed by atoms with Crippen LogP contribution >= 0.6 is 11.8 Å². The van der Waals surface area contributed by atoms with Crippen molar-refractivity contribution in [1.82, 2.24) is 19.7 Å². The molecule has 0 atom stereocenters. The summed E-state index contributed by atoms with van der Waals surface area (Å²) < 4.78 is 1.99. The molecule has 0 bridgehead atoms. The fourth-order valence-corrected chi connectivity index (χ4v) is 3.12. The van der Waals surface area contributed by atoms with Crippen molar-refractivity contribution in [1.29, 1.82) is 0 Å². The molecular formula is C16H22N4OS. The van der Waals surface area contributed by atoms with Crippen molar-refractivity contribution in [3.63, 3.8) is 0 Å². The van der Waals surface area contributed by atoms with Crippen LogP contribution in [0.3, 0.4) is 0 Å². The molecule has 2 rings (SSSR count). The number of nitrogens with zero attached hydrogens (tertiary/aromatic N) is 4. The van der Waals surface area contributed by atoms with Gasteiger partial charge in [-0.2, -0.15) is 0 Å². The maximum Gasteiger partial charge on any atom is 0.233 e. The smallest absolute Gasteiger partial charge is 0.233 e. The van der Waals surface area contributed by atoms with E-state index in [0.29, 0.717) is 5.75 Å². The zero-order chi connectivity index (χ0) is 16.1. The first-order valence-electron chi connectivity index (χ1n) is 7.46. The van der Waals surface area contributed by atoms with E-state index in [1.54, 1.807) is 0 Å². The van der Waals surface area contributed by atoms with Gasteiger partial charge in [0.2, 0.25) is 5.91 Å². The lowest BCUT2D eigenvalue weighted by Gasteiger charge is -2.18. The molecule has 0 aliphatic rings. The molecule has 0 N–H and O–H groups in total. The topological polar surface area (TPSA) is 51.0 Å². The Morgan fingerprint density at radius 3 is 2.36 bits per heavy atom. The first-order chi connectivity index (χ1) is 10.6. The van der Waals surface area contributed by atoms with Crippen LogP contribution in [-0.4, -0.2) is 44.4 Å². The largest absolute Gasteiger partial charge is 0.343 e. The fraction of sp³-hybridized carbons (Fsp3) is 0.438. The number of aromatic nitrogens is 3. The van der Waals surface area contributed by atoms with Gasteiger partial charge in [-0.3, -0.25) is 9.36 Å². The quantitative estimate of drug-likeness (QED) is 0.769. The van der Waals surface area contributed by atoms with Crippen molar-refractivity contribution in [3.8, 4) is 5.69 Å². The highest BCUT2D eigenvalue weighted by atomic mass is 32.2. The van der Waals surface area contributed by atoms with Gasteiger partial charge >= 0.3 is 0 Å². The third-order valence-electron chi connectivity index (χ3n) is 3.53. The molecule has 1 aromatic heterocycles. The van der Waals surface area contributed by atoms with Gasteiger partial charge in [-0.25, -0.2) is 0 Å². The van der Waals surface area contributed by atoms with Crippen LogP contribution in [0, 0.1) is 13.8 Å². The number of rotatable bonds is 6. The number of carbonyl (C=O) groups excluding carboxylic acids is 1. The second-order valence-electron chi connectivity index (χ2n) is 5.06. The van der Waals surface area contributed by atoms with E-state index in [1.165, 1.54) is 17.3 Å². The van der Waals surface area contributed by atoms with Crippen LogP contribution in [-0.2, 0) is 4.79 Å². The van der Waals surface area contributed by atoms with Gasteiger partial charge in [0, 0.05) is 18.8 Å². The Morgan fingerprint density at radius 1 is 1.14 bits per heavy atom. The Hall–Kier alpha value is -1.82. The molecule has 0 unspecified atom stereocenters. The molecule has 0 saturated carbocycles. The molecule has 1 aromatic carbocycles. The Bertz CT molecular complexity index is 632. The highest BCUT2D eigenvalue weighted by molar-refractivity contribution is 7.99. The summed E-state index contributed by atoms with van der Waals surface area (Å²) in [6.45, 7) is 9.43. The third-order valence-corrected chi connectivity index (χ3v) is 4.44. The number of hydrogen-bond donors (Lipinski definition) is 0. The maximum atomic E-state index is 12.1. The SMILES string of the molecule is CCN(CC)C(=O)CSc1nnc(C)n1-c1ccc(C)cc1. The number of thioether (sulfide) groups is 1. The Morgan fingerprint density at radius 2 is 1.77 bits per heavy atom. The summed E-state index contributed by atoms with van der Waals surface area (Å²) in [7, 11) is 0. The number of benzene rings is 1. The van der Waals surface area contributed by atoms with E-state index in [2.05, 4.69) is 29.3 Å². The van der Waals surface area contributed by atoms with Crippen LogP contribution in [0.25, 0.3) is 5.69 Å². The predicted molar refractivity (Wildman–Crippen MR) is 89.5 cm³/mol. The lowest BCUT2D eigenvalue weighted by Crippen LogP contribution is -2.31. The highest BCUT2D eigenvalue weighted by Gasteiger charge is 2.15. The van der Waals surface area contributed by atoms with Gasteiger partial charge in [-0.15, -0.1) is 10.2 Å². The van der Waals surface area contributed by atoms with Gasteiger partial charge < -0.3 is 4.90 Å². The minimum Gasteiger partial charge on any atom is -0.343 e. The summed E-state index contributed by atoms with van der Waals surface area (Å²) in [5.74, 6) is 1.33. The zero-order valence-electron chi connectivity index (χ0n) is 13.5. The van der Waals surface area contributed by atoms with Crippen molar-refractivity contribution in [2.24, 2.45) is 0 Å².